The zero-order valence-corrected chi connectivity index (χ0v) is 11.1. The third-order valence-electron chi connectivity index (χ3n) is 3.45. The number of hydrogen-bond acceptors (Lipinski definition) is 0. The summed E-state index contributed by atoms with van der Waals surface area (Å²) < 4.78 is 0. The molecule has 0 nitrogen and oxygen atoms in total. The Morgan fingerprint density at radius 1 is 1.29 bits per heavy atom. The van der Waals surface area contributed by atoms with Crippen LogP contribution in [0.25, 0.3) is 0 Å². The van der Waals surface area contributed by atoms with Gasteiger partial charge in [0.1, 0.15) is 0 Å². The molecule has 0 N–H and O–H groups in total. The Hall–Kier alpha value is -0.0131. The summed E-state index contributed by atoms with van der Waals surface area (Å²) in [6.45, 7) is 6.82. The van der Waals surface area contributed by atoms with Gasteiger partial charge in [-0.15, -0.1) is 0 Å². The second kappa shape index (κ2) is 3.53. The topological polar surface area (TPSA) is 0 Å². The number of allylic oxidation sites excluding steroid dienone is 4. The van der Waals surface area contributed by atoms with Crippen molar-refractivity contribution in [1.29, 1.82) is 0 Å². The molecule has 0 amide bonds. The van der Waals surface area contributed by atoms with Crippen LogP contribution in [0.4, 0.5) is 0 Å². The largest absolute Gasteiger partial charge is 0.167 e. The highest BCUT2D eigenvalue weighted by molar-refractivity contribution is 7.20. The third-order valence-corrected chi connectivity index (χ3v) is 6.28. The number of halogens is 1. The van der Waals surface area contributed by atoms with Gasteiger partial charge in [-0.2, -0.15) is 11.1 Å². The van der Waals surface area contributed by atoms with Crippen molar-refractivity contribution in [1.82, 2.24) is 0 Å². The Morgan fingerprint density at radius 3 is 2.57 bits per heavy atom. The first kappa shape index (κ1) is 10.5. The molecule has 0 saturated heterocycles. The number of rotatable bonds is 1. The summed E-state index contributed by atoms with van der Waals surface area (Å²) >= 11 is 6.62. The van der Waals surface area contributed by atoms with Crippen LogP contribution in [0, 0.1) is 0 Å². The predicted molar refractivity (Wildman–Crippen MR) is 66.3 cm³/mol. The Balaban J connectivity index is 2.34. The molecule has 2 aliphatic rings. The van der Waals surface area contributed by atoms with Gasteiger partial charge in [0.2, 0.25) is 0 Å². The molecule has 0 spiro atoms. The van der Waals surface area contributed by atoms with Crippen molar-refractivity contribution in [2.45, 2.75) is 51.2 Å². The highest BCUT2D eigenvalue weighted by Gasteiger charge is 2.38. The minimum Gasteiger partial charge on any atom is -0.167 e. The maximum absolute atomic E-state index is 6.62. The van der Waals surface area contributed by atoms with Gasteiger partial charge < -0.3 is 0 Å². The van der Waals surface area contributed by atoms with Crippen molar-refractivity contribution in [2.75, 3.05) is 0 Å². The van der Waals surface area contributed by atoms with E-state index in [1.165, 1.54) is 31.3 Å². The second-order valence-corrected chi connectivity index (χ2v) is 11.8. The van der Waals surface area contributed by atoms with Gasteiger partial charge in [0, 0.05) is 5.54 Å². The van der Waals surface area contributed by atoms with Crippen molar-refractivity contribution in [3.63, 3.8) is 0 Å². The van der Waals surface area contributed by atoms with Gasteiger partial charge in [-0.25, -0.2) is 0 Å². The van der Waals surface area contributed by atoms with Crippen LogP contribution in [0.15, 0.2) is 22.8 Å². The van der Waals surface area contributed by atoms with Gasteiger partial charge in [-0.3, -0.25) is 0 Å². The van der Waals surface area contributed by atoms with Crippen LogP contribution in [0.1, 0.15) is 32.6 Å². The van der Waals surface area contributed by atoms with E-state index in [-0.39, 0.29) is 0 Å². The van der Waals surface area contributed by atoms with E-state index in [4.69, 9.17) is 11.1 Å². The van der Waals surface area contributed by atoms with E-state index in [0.29, 0.717) is 5.54 Å². The Morgan fingerprint density at radius 2 is 1.93 bits per heavy atom. The maximum Gasteiger partial charge on any atom is 0.161 e. The lowest BCUT2D eigenvalue weighted by Crippen LogP contribution is -2.27. The minimum absolute atomic E-state index is 0.638. The van der Waals surface area contributed by atoms with Crippen LogP contribution < -0.4 is 0 Å². The first-order valence-corrected chi connectivity index (χ1v) is 9.68. The Bertz CT molecular complexity index is 307. The van der Waals surface area contributed by atoms with Crippen LogP contribution in [0.3, 0.4) is 0 Å². The van der Waals surface area contributed by atoms with Crippen LogP contribution >= 0.6 is 11.1 Å². The highest BCUT2D eigenvalue weighted by Crippen LogP contribution is 2.49. The van der Waals surface area contributed by atoms with E-state index >= 15 is 0 Å². The highest BCUT2D eigenvalue weighted by atomic mass is 35.6. The molecule has 1 unspecified atom stereocenters. The quantitative estimate of drug-likeness (QED) is 0.452. The first-order chi connectivity index (χ1) is 6.50. The van der Waals surface area contributed by atoms with E-state index in [1.54, 1.807) is 11.1 Å². The van der Waals surface area contributed by atoms with E-state index < -0.39 is 7.38 Å². The van der Waals surface area contributed by atoms with Crippen molar-refractivity contribution in [2.24, 2.45) is 0 Å². The summed E-state index contributed by atoms with van der Waals surface area (Å²) in [5.74, 6) is 0. The second-order valence-electron chi connectivity index (χ2n) is 5.14. The molecular weight excluding hydrogens is 208 g/mol. The van der Waals surface area contributed by atoms with Crippen LogP contribution in [0.2, 0.25) is 18.6 Å². The molecule has 2 rings (SSSR count). The normalized spacial score (nSPS) is 27.7. The summed E-state index contributed by atoms with van der Waals surface area (Å²) in [6.07, 6.45) is 7.76. The average Bonchev–Trinajstić information content (AvgIpc) is 2.38. The van der Waals surface area contributed by atoms with Crippen LogP contribution in [0.5, 0.6) is 0 Å². The van der Waals surface area contributed by atoms with Gasteiger partial charge in [-0.05, 0) is 38.2 Å². The van der Waals surface area contributed by atoms with Crippen molar-refractivity contribution < 1.29 is 0 Å². The zero-order valence-electron chi connectivity index (χ0n) is 9.36. The maximum atomic E-state index is 6.62. The fourth-order valence-electron chi connectivity index (χ4n) is 3.04. The molecule has 78 valence electrons. The fraction of sp³-hybridized carbons (Fsp3) is 0.667. The molecule has 0 fully saturated rings. The smallest absolute Gasteiger partial charge is 0.161 e. The standard InChI is InChI=1S/C12H19ClSi/c1-9-8-10-6-4-5-7-11(10)12(9)14(2,3)13/h8,12H,4-7H2,1-3H3. The lowest BCUT2D eigenvalue weighted by molar-refractivity contribution is 0.677. The lowest BCUT2D eigenvalue weighted by Gasteiger charge is -2.29. The molecule has 0 heterocycles. The van der Waals surface area contributed by atoms with E-state index in [2.05, 4.69) is 26.1 Å². The lowest BCUT2D eigenvalue weighted by atomic mass is 9.93. The summed E-state index contributed by atoms with van der Waals surface area (Å²) in [5.41, 5.74) is 5.49. The Kier molecular flexibility index (Phi) is 2.65. The molecule has 0 aliphatic heterocycles. The minimum atomic E-state index is -1.55. The SMILES string of the molecule is CC1=CC2=C(CCCC2)C1[Si](C)(C)Cl. The van der Waals surface area contributed by atoms with E-state index in [1.807, 2.05) is 0 Å². The summed E-state index contributed by atoms with van der Waals surface area (Å²) in [4.78, 5) is 0. The number of hydrogen-bond donors (Lipinski definition) is 0. The van der Waals surface area contributed by atoms with Crippen LogP contribution in [-0.2, 0) is 0 Å². The summed E-state index contributed by atoms with van der Waals surface area (Å²) in [7, 11) is -1.55. The Labute approximate surface area is 92.8 Å². The summed E-state index contributed by atoms with van der Waals surface area (Å²) in [6, 6.07) is 0. The van der Waals surface area contributed by atoms with E-state index in [0.717, 1.165) is 0 Å². The predicted octanol–water partition coefficient (Wildman–Crippen LogP) is 4.63. The first-order valence-electron chi connectivity index (χ1n) is 5.59. The van der Waals surface area contributed by atoms with Crippen molar-refractivity contribution in [3.8, 4) is 0 Å². The monoisotopic (exact) mass is 226 g/mol. The fourth-order valence-corrected chi connectivity index (χ4v) is 6.27. The van der Waals surface area contributed by atoms with Crippen molar-refractivity contribution >= 4 is 18.5 Å². The summed E-state index contributed by atoms with van der Waals surface area (Å²) in [5, 5.41) is 0. The molecule has 0 saturated carbocycles. The molecule has 0 aromatic carbocycles. The average molecular weight is 227 g/mol. The molecule has 14 heavy (non-hydrogen) atoms. The van der Waals surface area contributed by atoms with Gasteiger partial charge in [0.15, 0.2) is 7.38 Å². The van der Waals surface area contributed by atoms with Crippen molar-refractivity contribution in [3.05, 3.63) is 22.8 Å². The molecule has 2 heteroatoms. The molecule has 0 bridgehead atoms. The molecular formula is C12H19ClSi. The van der Waals surface area contributed by atoms with Crippen LogP contribution in [-0.4, -0.2) is 7.38 Å². The molecule has 0 aromatic rings. The van der Waals surface area contributed by atoms with Gasteiger partial charge in [-0.1, -0.05) is 30.3 Å². The molecule has 0 radical (unpaired) electrons. The zero-order chi connectivity index (χ0) is 10.3. The van der Waals surface area contributed by atoms with Gasteiger partial charge >= 0.3 is 0 Å². The van der Waals surface area contributed by atoms with Gasteiger partial charge in [0.25, 0.3) is 0 Å². The van der Waals surface area contributed by atoms with Gasteiger partial charge in [0.05, 0.1) is 0 Å². The third kappa shape index (κ3) is 1.72. The van der Waals surface area contributed by atoms with E-state index in [9.17, 15) is 0 Å². The molecule has 2 aliphatic carbocycles. The molecule has 1 atom stereocenters. The molecule has 0 aromatic heterocycles.